The zero-order valence-electron chi connectivity index (χ0n) is 9.30. The summed E-state index contributed by atoms with van der Waals surface area (Å²) in [4.78, 5) is 0. The van der Waals surface area contributed by atoms with Gasteiger partial charge in [-0.15, -0.1) is 0 Å². The molecule has 0 spiro atoms. The predicted molar refractivity (Wildman–Crippen MR) is 75.3 cm³/mol. The van der Waals surface area contributed by atoms with Crippen molar-refractivity contribution >= 4 is 33.0 Å². The van der Waals surface area contributed by atoms with Gasteiger partial charge in [0.25, 0.3) is 0 Å². The van der Waals surface area contributed by atoms with E-state index in [1.165, 1.54) is 0 Å². The van der Waals surface area contributed by atoms with Gasteiger partial charge >= 0.3 is 0 Å². The van der Waals surface area contributed by atoms with Crippen molar-refractivity contribution in [2.24, 2.45) is 15.4 Å². The molecule has 0 saturated carbocycles. The van der Waals surface area contributed by atoms with E-state index in [0.717, 1.165) is 0 Å². The van der Waals surface area contributed by atoms with Crippen molar-refractivity contribution in [3.8, 4) is 0 Å². The molecule has 0 unspecified atom stereocenters. The van der Waals surface area contributed by atoms with Crippen molar-refractivity contribution in [1.29, 1.82) is 0 Å². The van der Waals surface area contributed by atoms with Crippen LogP contribution in [0, 0.1) is 0 Å². The molecule has 0 amide bonds. The SMILES string of the molecule is C.CC[S@@](N)=O.CC[S@@](N)=O.CC[S@@](N)=O. The summed E-state index contributed by atoms with van der Waals surface area (Å²) >= 11 is 0. The average Bonchev–Trinajstić information content (AvgIpc) is 2.19. The van der Waals surface area contributed by atoms with E-state index in [1.807, 2.05) is 0 Å². The van der Waals surface area contributed by atoms with E-state index in [4.69, 9.17) is 15.4 Å². The Kier molecular flexibility index (Phi) is 32.7. The summed E-state index contributed by atoms with van der Waals surface area (Å²) in [6, 6.07) is 0. The molecule has 0 aromatic heterocycles. The predicted octanol–water partition coefficient (Wildman–Crippen LogP) is -0.478. The lowest BCUT2D eigenvalue weighted by atomic mass is 11.0. The molecule has 0 aliphatic heterocycles. The van der Waals surface area contributed by atoms with Gasteiger partial charge < -0.3 is 0 Å². The standard InChI is InChI=1S/3C2H7NOS.CH4/c3*1-2-5(3)4;/h3*2-3H2,1H3;1H4/t3*5-;/m000./s1. The maximum atomic E-state index is 9.70. The molecule has 6 nitrogen and oxygen atoms in total. The fourth-order valence-corrected chi connectivity index (χ4v) is 0. The van der Waals surface area contributed by atoms with Crippen molar-refractivity contribution < 1.29 is 12.6 Å². The summed E-state index contributed by atoms with van der Waals surface area (Å²) < 4.78 is 29.1. The molecule has 0 heterocycles. The Bertz CT molecular complexity index is 169. The fraction of sp³-hybridized carbons (Fsp3) is 1.00. The number of nitrogens with two attached hydrogens (primary N) is 3. The highest BCUT2D eigenvalue weighted by atomic mass is 32.2. The van der Waals surface area contributed by atoms with E-state index in [2.05, 4.69) is 0 Å². The second-order valence-corrected chi connectivity index (χ2v) is 6.02. The van der Waals surface area contributed by atoms with Crippen LogP contribution in [0.1, 0.15) is 28.2 Å². The highest BCUT2D eigenvalue weighted by Gasteiger charge is 1.74. The maximum absolute atomic E-state index is 9.70. The van der Waals surface area contributed by atoms with Crippen LogP contribution in [-0.4, -0.2) is 29.9 Å². The topological polar surface area (TPSA) is 129 Å². The van der Waals surface area contributed by atoms with Crippen LogP contribution in [0.4, 0.5) is 0 Å². The quantitative estimate of drug-likeness (QED) is 0.650. The minimum absolute atomic E-state index is 0. The Morgan fingerprint density at radius 3 is 0.750 bits per heavy atom. The lowest BCUT2D eigenvalue weighted by Gasteiger charge is -1.75. The van der Waals surface area contributed by atoms with Gasteiger partial charge in [0, 0.05) is 17.3 Å². The molecule has 0 saturated heterocycles. The van der Waals surface area contributed by atoms with Crippen molar-refractivity contribution in [3.05, 3.63) is 0 Å². The minimum Gasteiger partial charge on any atom is -0.252 e. The number of rotatable bonds is 3. The molecule has 104 valence electrons. The first kappa shape index (κ1) is 25.2. The Balaban J connectivity index is -0.0000000655. The summed E-state index contributed by atoms with van der Waals surface area (Å²) in [6.45, 7) is 5.32. The summed E-state index contributed by atoms with van der Waals surface area (Å²) in [5.41, 5.74) is 0. The number of hydrogen-bond acceptors (Lipinski definition) is 3. The van der Waals surface area contributed by atoms with Crippen LogP contribution in [0.3, 0.4) is 0 Å². The van der Waals surface area contributed by atoms with Gasteiger partial charge in [0.15, 0.2) is 0 Å². The van der Waals surface area contributed by atoms with E-state index < -0.39 is 33.0 Å². The summed E-state index contributed by atoms with van der Waals surface area (Å²) in [5, 5.41) is 14.3. The van der Waals surface area contributed by atoms with Crippen LogP contribution < -0.4 is 15.4 Å². The van der Waals surface area contributed by atoms with Crippen LogP contribution >= 0.6 is 0 Å². The Labute approximate surface area is 106 Å². The molecule has 16 heavy (non-hydrogen) atoms. The van der Waals surface area contributed by atoms with Gasteiger partial charge in [-0.2, -0.15) is 0 Å². The average molecular weight is 295 g/mol. The normalized spacial score (nSPS) is 13.9. The van der Waals surface area contributed by atoms with E-state index in [1.54, 1.807) is 20.8 Å². The Hall–Kier alpha value is 0.330. The van der Waals surface area contributed by atoms with Gasteiger partial charge in [0.1, 0.15) is 0 Å². The molecule has 0 aliphatic rings. The molecule has 0 aromatic rings. The van der Waals surface area contributed by atoms with Gasteiger partial charge in [-0.05, 0) is 0 Å². The molecule has 0 aromatic carbocycles. The van der Waals surface area contributed by atoms with Crippen molar-refractivity contribution in [3.63, 3.8) is 0 Å². The van der Waals surface area contributed by atoms with Gasteiger partial charge in [-0.3, -0.25) is 15.4 Å². The largest absolute Gasteiger partial charge is 0.252 e. The molecule has 0 radical (unpaired) electrons. The number of hydrogen-bond donors (Lipinski definition) is 3. The van der Waals surface area contributed by atoms with E-state index in [-0.39, 0.29) is 7.43 Å². The Morgan fingerprint density at radius 1 is 0.688 bits per heavy atom. The van der Waals surface area contributed by atoms with Gasteiger partial charge in [0.05, 0.1) is 33.0 Å². The Morgan fingerprint density at radius 2 is 0.750 bits per heavy atom. The minimum atomic E-state index is -1.07. The molecule has 0 bridgehead atoms. The summed E-state index contributed by atoms with van der Waals surface area (Å²) in [6.07, 6.45) is 0. The van der Waals surface area contributed by atoms with Gasteiger partial charge in [-0.1, -0.05) is 28.2 Å². The van der Waals surface area contributed by atoms with Gasteiger partial charge in [0.2, 0.25) is 0 Å². The monoisotopic (exact) mass is 295 g/mol. The third kappa shape index (κ3) is 63.5. The lowest BCUT2D eigenvalue weighted by molar-refractivity contribution is 0.684. The fourth-order valence-electron chi connectivity index (χ4n) is 0. The molecule has 0 fully saturated rings. The third-order valence-electron chi connectivity index (χ3n) is 0.854. The second-order valence-electron chi connectivity index (χ2n) is 2.01. The molecule has 3 atom stereocenters. The smallest absolute Gasteiger partial charge is 0.0885 e. The van der Waals surface area contributed by atoms with Crippen LogP contribution in [0.25, 0.3) is 0 Å². The van der Waals surface area contributed by atoms with Crippen LogP contribution in [0.2, 0.25) is 0 Å². The lowest BCUT2D eigenvalue weighted by Crippen LogP contribution is -2.03. The zero-order chi connectivity index (χ0) is 12.9. The maximum Gasteiger partial charge on any atom is 0.0885 e. The summed E-state index contributed by atoms with van der Waals surface area (Å²) in [7, 11) is -3.22. The molecular weight excluding hydrogens is 270 g/mol. The van der Waals surface area contributed by atoms with E-state index in [0.29, 0.717) is 17.3 Å². The van der Waals surface area contributed by atoms with Gasteiger partial charge in [-0.25, -0.2) is 12.6 Å². The first-order valence-electron chi connectivity index (χ1n) is 4.19. The first-order chi connectivity index (χ1) is 6.81. The molecular formula is C7H25N3O3S3. The van der Waals surface area contributed by atoms with Crippen LogP contribution in [0.15, 0.2) is 0 Å². The van der Waals surface area contributed by atoms with Crippen LogP contribution in [0.5, 0.6) is 0 Å². The van der Waals surface area contributed by atoms with E-state index in [9.17, 15) is 12.6 Å². The van der Waals surface area contributed by atoms with Crippen molar-refractivity contribution in [2.75, 3.05) is 17.3 Å². The molecule has 0 rings (SSSR count). The first-order valence-corrected chi connectivity index (χ1v) is 8.34. The zero-order valence-corrected chi connectivity index (χ0v) is 11.8. The highest BCUT2D eigenvalue weighted by molar-refractivity contribution is 7.83. The molecule has 9 heteroatoms. The third-order valence-corrected chi connectivity index (χ3v) is 2.56. The highest BCUT2D eigenvalue weighted by Crippen LogP contribution is 1.58. The van der Waals surface area contributed by atoms with Crippen LogP contribution in [-0.2, 0) is 33.0 Å². The van der Waals surface area contributed by atoms with Crippen molar-refractivity contribution in [1.82, 2.24) is 0 Å². The van der Waals surface area contributed by atoms with Crippen molar-refractivity contribution in [2.45, 2.75) is 28.2 Å². The molecule has 6 N–H and O–H groups in total. The molecule has 0 aliphatic carbocycles. The summed E-state index contributed by atoms with van der Waals surface area (Å²) in [5.74, 6) is 1.67. The van der Waals surface area contributed by atoms with E-state index >= 15 is 0 Å². The second kappa shape index (κ2) is 20.7.